The van der Waals surface area contributed by atoms with Crippen LogP contribution < -0.4 is 5.32 Å². The molecule has 1 N–H and O–H groups in total. The van der Waals surface area contributed by atoms with Crippen LogP contribution in [0.25, 0.3) is 0 Å². The van der Waals surface area contributed by atoms with E-state index >= 15 is 0 Å². The van der Waals surface area contributed by atoms with Crippen LogP contribution in [0.5, 0.6) is 0 Å². The summed E-state index contributed by atoms with van der Waals surface area (Å²) in [6, 6.07) is 0.139. The average molecular weight is 514 g/mol. The van der Waals surface area contributed by atoms with Gasteiger partial charge in [0.1, 0.15) is 0 Å². The highest BCUT2D eigenvalue weighted by Crippen LogP contribution is 2.37. The Balaban J connectivity index is 1.46. The van der Waals surface area contributed by atoms with Crippen LogP contribution in [0.2, 0.25) is 0 Å². The van der Waals surface area contributed by atoms with Gasteiger partial charge in [-0.3, -0.25) is 14.5 Å². The van der Waals surface area contributed by atoms with Crippen LogP contribution in [0.3, 0.4) is 0 Å². The summed E-state index contributed by atoms with van der Waals surface area (Å²) < 4.78 is 43.4. The fourth-order valence-corrected chi connectivity index (χ4v) is 6.16. The second kappa shape index (κ2) is 11.1. The Morgan fingerprint density at radius 3 is 2.61 bits per heavy atom. The van der Waals surface area contributed by atoms with E-state index in [2.05, 4.69) is 46.0 Å². The number of carbonyl (C=O) groups is 2. The third-order valence-electron chi connectivity index (χ3n) is 7.99. The number of hydrogen-bond donors (Lipinski definition) is 1. The number of hydrogen-bond acceptors (Lipinski definition) is 6. The maximum absolute atomic E-state index is 13.4. The molecule has 0 spiro atoms. The van der Waals surface area contributed by atoms with Gasteiger partial charge in [0.25, 0.3) is 5.82 Å². The van der Waals surface area contributed by atoms with Crippen LogP contribution in [-0.2, 0) is 22.3 Å². The standard InChI is InChI=1S/C25H38F3N5O3/c1-15(2)19-8-7-16(3)9-23(35)33-12-17-10-18(20(33)5-4-6-21(34)29-19)13-32(11-17)14-22-30-24(31-36-22)25(26,27)28/h15-20H,4-14H2,1-3H3,(H,29,34)/t16-,17+,18-,19+,20+/m1/s1. The van der Waals surface area contributed by atoms with E-state index in [-0.39, 0.29) is 54.1 Å². The minimum absolute atomic E-state index is 0.0200. The zero-order chi connectivity index (χ0) is 26.0. The van der Waals surface area contributed by atoms with E-state index in [1.165, 1.54) is 0 Å². The van der Waals surface area contributed by atoms with Gasteiger partial charge in [0.2, 0.25) is 17.7 Å². The normalized spacial score (nSPS) is 31.3. The maximum Gasteiger partial charge on any atom is 0.455 e. The minimum Gasteiger partial charge on any atom is -0.353 e. The van der Waals surface area contributed by atoms with Crippen molar-refractivity contribution in [2.24, 2.45) is 23.7 Å². The number of alkyl halides is 3. The highest BCUT2D eigenvalue weighted by Gasteiger charge is 2.43. The first-order valence-corrected chi connectivity index (χ1v) is 13.2. The molecule has 0 unspecified atom stereocenters. The number of likely N-dealkylation sites (tertiary alicyclic amines) is 1. The maximum atomic E-state index is 13.4. The van der Waals surface area contributed by atoms with Gasteiger partial charge in [-0.05, 0) is 55.8 Å². The van der Waals surface area contributed by atoms with E-state index in [4.69, 9.17) is 4.52 Å². The molecule has 0 radical (unpaired) electrons. The molecule has 1 aromatic heterocycles. The Bertz CT molecular complexity index is 921. The molecule has 1 aromatic rings. The quantitative estimate of drug-likeness (QED) is 0.660. The Kier molecular flexibility index (Phi) is 8.26. The molecule has 36 heavy (non-hydrogen) atoms. The van der Waals surface area contributed by atoms with Gasteiger partial charge in [0.15, 0.2) is 0 Å². The molecule has 3 aliphatic rings. The van der Waals surface area contributed by atoms with E-state index < -0.39 is 12.0 Å². The Labute approximate surface area is 210 Å². The van der Waals surface area contributed by atoms with Gasteiger partial charge in [-0.2, -0.15) is 18.2 Å². The number of piperidine rings is 2. The van der Waals surface area contributed by atoms with E-state index in [1.807, 2.05) is 0 Å². The molecule has 0 aromatic carbocycles. The Morgan fingerprint density at radius 1 is 1.14 bits per heavy atom. The molecule has 8 nitrogen and oxygen atoms in total. The van der Waals surface area contributed by atoms with Crippen molar-refractivity contribution in [3.8, 4) is 0 Å². The number of rotatable bonds is 3. The van der Waals surface area contributed by atoms with Crippen LogP contribution in [0, 0.1) is 23.7 Å². The van der Waals surface area contributed by atoms with Crippen molar-refractivity contribution in [1.29, 1.82) is 0 Å². The molecule has 3 fully saturated rings. The van der Waals surface area contributed by atoms with Crippen LogP contribution in [-0.4, -0.2) is 63.5 Å². The largest absolute Gasteiger partial charge is 0.455 e. The summed E-state index contributed by atoms with van der Waals surface area (Å²) in [6.07, 6.45) is 0.460. The number of carbonyl (C=O) groups excluding carboxylic acids is 2. The molecule has 2 bridgehead atoms. The summed E-state index contributed by atoms with van der Waals surface area (Å²) in [5, 5.41) is 6.27. The topological polar surface area (TPSA) is 91.6 Å². The number of nitrogens with one attached hydrogen (secondary N) is 1. The van der Waals surface area contributed by atoms with Crippen molar-refractivity contribution in [2.75, 3.05) is 19.6 Å². The molecule has 11 heteroatoms. The molecule has 202 valence electrons. The second-order valence-corrected chi connectivity index (χ2v) is 11.4. The number of aromatic nitrogens is 2. The van der Waals surface area contributed by atoms with Crippen molar-refractivity contribution >= 4 is 11.8 Å². The monoisotopic (exact) mass is 513 g/mol. The Morgan fingerprint density at radius 2 is 1.92 bits per heavy atom. The first-order valence-electron chi connectivity index (χ1n) is 13.2. The summed E-state index contributed by atoms with van der Waals surface area (Å²) in [4.78, 5) is 33.7. The molecule has 5 atom stereocenters. The average Bonchev–Trinajstić information content (AvgIpc) is 3.26. The van der Waals surface area contributed by atoms with E-state index in [0.717, 1.165) is 25.7 Å². The second-order valence-electron chi connectivity index (χ2n) is 11.4. The fourth-order valence-electron chi connectivity index (χ4n) is 6.16. The zero-order valence-corrected chi connectivity index (χ0v) is 21.4. The third kappa shape index (κ3) is 6.58. The Hall–Kier alpha value is -2.17. The lowest BCUT2D eigenvalue weighted by Crippen LogP contribution is -2.59. The lowest BCUT2D eigenvalue weighted by Gasteiger charge is -2.51. The van der Waals surface area contributed by atoms with Gasteiger partial charge < -0.3 is 14.7 Å². The SMILES string of the molecule is CC(C)[C@@H]1CC[C@@H](C)CC(=O)N2C[C@H]3C[C@H](CN(Cc4nc(C(F)(F)F)no4)C3)[C@@H]2CCCC(=O)N1. The van der Waals surface area contributed by atoms with Crippen molar-refractivity contribution < 1.29 is 27.3 Å². The van der Waals surface area contributed by atoms with Crippen LogP contribution in [0.15, 0.2) is 4.52 Å². The van der Waals surface area contributed by atoms with Gasteiger partial charge in [0.05, 0.1) is 6.54 Å². The van der Waals surface area contributed by atoms with Gasteiger partial charge in [0, 0.05) is 44.6 Å². The number of nitrogens with zero attached hydrogens (tertiary/aromatic N) is 4. The van der Waals surface area contributed by atoms with Crippen molar-refractivity contribution in [3.63, 3.8) is 0 Å². The van der Waals surface area contributed by atoms with Crippen LogP contribution >= 0.6 is 0 Å². The van der Waals surface area contributed by atoms with Crippen LogP contribution in [0.4, 0.5) is 13.2 Å². The molecule has 4 rings (SSSR count). The summed E-state index contributed by atoms with van der Waals surface area (Å²) in [5.74, 6) is -0.0484. The first-order chi connectivity index (χ1) is 17.0. The van der Waals surface area contributed by atoms with Crippen molar-refractivity contribution in [1.82, 2.24) is 25.3 Å². The molecule has 3 saturated heterocycles. The van der Waals surface area contributed by atoms with Gasteiger partial charge in [-0.15, -0.1) is 0 Å². The summed E-state index contributed by atoms with van der Waals surface area (Å²) in [7, 11) is 0. The van der Waals surface area contributed by atoms with Gasteiger partial charge in [-0.25, -0.2) is 0 Å². The lowest BCUT2D eigenvalue weighted by molar-refractivity contribution is -0.146. The number of amides is 2. The van der Waals surface area contributed by atoms with Crippen molar-refractivity contribution in [2.45, 2.75) is 90.5 Å². The fraction of sp³-hybridized carbons (Fsp3) is 0.840. The highest BCUT2D eigenvalue weighted by molar-refractivity contribution is 5.77. The molecule has 2 amide bonds. The predicted octanol–water partition coefficient (Wildman–Crippen LogP) is 3.87. The summed E-state index contributed by atoms with van der Waals surface area (Å²) in [6.45, 7) is 8.45. The molecule has 0 aliphatic carbocycles. The summed E-state index contributed by atoms with van der Waals surface area (Å²) >= 11 is 0. The van der Waals surface area contributed by atoms with E-state index in [1.54, 1.807) is 0 Å². The minimum atomic E-state index is -4.63. The highest BCUT2D eigenvalue weighted by atomic mass is 19.4. The van der Waals surface area contributed by atoms with E-state index in [0.29, 0.717) is 44.8 Å². The molecule has 3 aliphatic heterocycles. The number of fused-ring (bicyclic) bond motifs is 4. The zero-order valence-electron chi connectivity index (χ0n) is 21.4. The van der Waals surface area contributed by atoms with Gasteiger partial charge in [-0.1, -0.05) is 25.9 Å². The third-order valence-corrected chi connectivity index (χ3v) is 7.99. The molecular weight excluding hydrogens is 475 g/mol. The van der Waals surface area contributed by atoms with Crippen molar-refractivity contribution in [3.05, 3.63) is 11.7 Å². The molecule has 4 heterocycles. The molecular formula is C25H38F3N5O3. The number of halogens is 3. The van der Waals surface area contributed by atoms with Gasteiger partial charge >= 0.3 is 6.18 Å². The molecule has 0 saturated carbocycles. The summed E-state index contributed by atoms with van der Waals surface area (Å²) in [5.41, 5.74) is 0. The predicted molar refractivity (Wildman–Crippen MR) is 125 cm³/mol. The van der Waals surface area contributed by atoms with Crippen LogP contribution in [0.1, 0.15) is 77.4 Å². The lowest BCUT2D eigenvalue weighted by atomic mass is 9.77. The van der Waals surface area contributed by atoms with E-state index in [9.17, 15) is 22.8 Å². The first kappa shape index (κ1) is 26.9. The smallest absolute Gasteiger partial charge is 0.353 e.